The predicted molar refractivity (Wildman–Crippen MR) is 43.9 cm³/mol. The van der Waals surface area contributed by atoms with Crippen LogP contribution >= 0.6 is 12.6 Å². The van der Waals surface area contributed by atoms with Gasteiger partial charge in [-0.2, -0.15) is 12.6 Å². The monoisotopic (exact) mass is 148 g/mol. The lowest BCUT2D eigenvalue weighted by atomic mass is 9.82. The quantitative estimate of drug-likeness (QED) is 0.582. The van der Waals surface area contributed by atoms with Gasteiger partial charge in [0.1, 0.15) is 0 Å². The zero-order valence-electron chi connectivity index (χ0n) is 6.39. The van der Waals surface area contributed by atoms with Gasteiger partial charge in [0.05, 0.1) is 0 Å². The number of thiol groups is 1. The highest BCUT2D eigenvalue weighted by molar-refractivity contribution is 7.80. The molecule has 1 atom stereocenters. The Morgan fingerprint density at radius 1 is 1.56 bits per heavy atom. The van der Waals surface area contributed by atoms with Gasteiger partial charge < -0.3 is 5.11 Å². The Kier molecular flexibility index (Phi) is 3.59. The Morgan fingerprint density at radius 3 is 2.00 bits per heavy atom. The second-order valence-corrected chi connectivity index (χ2v) is 3.44. The van der Waals surface area contributed by atoms with Crippen molar-refractivity contribution in [2.45, 2.75) is 20.8 Å². The third-order valence-corrected chi connectivity index (χ3v) is 2.84. The van der Waals surface area contributed by atoms with E-state index in [2.05, 4.69) is 26.5 Å². The lowest BCUT2D eigenvalue weighted by Crippen LogP contribution is -2.29. The number of rotatable bonds is 3. The number of hydrogen-bond acceptors (Lipinski definition) is 2. The number of hydrogen-bond donors (Lipinski definition) is 2. The van der Waals surface area contributed by atoms with Gasteiger partial charge in [0.15, 0.2) is 0 Å². The van der Waals surface area contributed by atoms with Crippen LogP contribution in [0.15, 0.2) is 0 Å². The van der Waals surface area contributed by atoms with Crippen molar-refractivity contribution in [3.8, 4) is 0 Å². The summed E-state index contributed by atoms with van der Waals surface area (Å²) in [6.07, 6.45) is 0. The Labute approximate surface area is 62.9 Å². The molecule has 2 heteroatoms. The molecule has 0 saturated carbocycles. The minimum Gasteiger partial charge on any atom is -0.396 e. The standard InChI is InChI=1S/C7H16OS/c1-6(2)7(3,4-8)5-9/h6,8-9H,4-5H2,1-3H3. The Hall–Kier alpha value is 0.310. The van der Waals surface area contributed by atoms with Crippen LogP contribution in [0.25, 0.3) is 0 Å². The summed E-state index contributed by atoms with van der Waals surface area (Å²) in [5, 5.41) is 8.91. The fraction of sp³-hybridized carbons (Fsp3) is 1.00. The fourth-order valence-corrected chi connectivity index (χ4v) is 0.880. The van der Waals surface area contributed by atoms with E-state index in [9.17, 15) is 0 Å². The van der Waals surface area contributed by atoms with Gasteiger partial charge in [-0.15, -0.1) is 0 Å². The molecule has 0 saturated heterocycles. The van der Waals surface area contributed by atoms with Crippen molar-refractivity contribution in [1.29, 1.82) is 0 Å². The molecule has 0 aliphatic heterocycles. The maximum Gasteiger partial charge on any atom is 0.0495 e. The topological polar surface area (TPSA) is 20.2 Å². The van der Waals surface area contributed by atoms with E-state index in [1.165, 1.54) is 0 Å². The van der Waals surface area contributed by atoms with Crippen molar-refractivity contribution in [2.24, 2.45) is 11.3 Å². The van der Waals surface area contributed by atoms with Crippen LogP contribution < -0.4 is 0 Å². The van der Waals surface area contributed by atoms with Crippen molar-refractivity contribution < 1.29 is 5.11 Å². The molecule has 0 aromatic heterocycles. The maximum atomic E-state index is 8.91. The summed E-state index contributed by atoms with van der Waals surface area (Å²) in [7, 11) is 0. The normalized spacial score (nSPS) is 18.0. The molecular formula is C7H16OS. The van der Waals surface area contributed by atoms with Gasteiger partial charge in [-0.1, -0.05) is 20.8 Å². The first-order chi connectivity index (χ1) is 4.06. The van der Waals surface area contributed by atoms with Gasteiger partial charge in [0.25, 0.3) is 0 Å². The molecule has 1 nitrogen and oxygen atoms in total. The molecule has 0 aromatic rings. The van der Waals surface area contributed by atoms with Crippen molar-refractivity contribution in [3.63, 3.8) is 0 Å². The molecular weight excluding hydrogens is 132 g/mol. The molecule has 1 N–H and O–H groups in total. The maximum absolute atomic E-state index is 8.91. The average molecular weight is 148 g/mol. The summed E-state index contributed by atoms with van der Waals surface area (Å²) >= 11 is 4.16. The Bertz CT molecular complexity index is 77.0. The van der Waals surface area contributed by atoms with E-state index in [4.69, 9.17) is 5.11 Å². The van der Waals surface area contributed by atoms with Crippen LogP contribution in [-0.2, 0) is 0 Å². The van der Waals surface area contributed by atoms with E-state index in [0.29, 0.717) is 5.92 Å². The van der Waals surface area contributed by atoms with Crippen molar-refractivity contribution in [3.05, 3.63) is 0 Å². The summed E-state index contributed by atoms with van der Waals surface area (Å²) in [5.41, 5.74) is 0.00309. The highest BCUT2D eigenvalue weighted by Gasteiger charge is 2.25. The van der Waals surface area contributed by atoms with E-state index in [-0.39, 0.29) is 12.0 Å². The lowest BCUT2D eigenvalue weighted by molar-refractivity contribution is 0.118. The van der Waals surface area contributed by atoms with Crippen LogP contribution in [0.2, 0.25) is 0 Å². The predicted octanol–water partition coefficient (Wildman–Crippen LogP) is 1.57. The summed E-state index contributed by atoms with van der Waals surface area (Å²) in [6.45, 7) is 6.48. The average Bonchev–Trinajstić information content (AvgIpc) is 1.86. The molecule has 0 aromatic carbocycles. The second kappa shape index (κ2) is 3.47. The molecule has 0 aliphatic rings. The third-order valence-electron chi connectivity index (χ3n) is 2.12. The van der Waals surface area contributed by atoms with Crippen LogP contribution in [0.4, 0.5) is 0 Å². The summed E-state index contributed by atoms with van der Waals surface area (Å²) in [5.74, 6) is 1.25. The van der Waals surface area contributed by atoms with E-state index in [1.807, 2.05) is 6.92 Å². The fourth-order valence-electron chi connectivity index (χ4n) is 0.415. The SMILES string of the molecule is CC(C)C(C)(CO)CS. The largest absolute Gasteiger partial charge is 0.396 e. The summed E-state index contributed by atoms with van der Waals surface area (Å²) in [6, 6.07) is 0. The first-order valence-corrected chi connectivity index (χ1v) is 3.92. The molecule has 0 fully saturated rings. The lowest BCUT2D eigenvalue weighted by Gasteiger charge is -2.29. The van der Waals surface area contributed by atoms with E-state index in [0.717, 1.165) is 5.75 Å². The molecule has 0 spiro atoms. The van der Waals surface area contributed by atoms with Crippen LogP contribution in [0.3, 0.4) is 0 Å². The molecule has 56 valence electrons. The minimum atomic E-state index is 0.00309. The van der Waals surface area contributed by atoms with E-state index < -0.39 is 0 Å². The zero-order chi connectivity index (χ0) is 7.49. The van der Waals surface area contributed by atoms with Gasteiger partial charge in [-0.25, -0.2) is 0 Å². The molecule has 0 amide bonds. The van der Waals surface area contributed by atoms with Crippen LogP contribution in [0, 0.1) is 11.3 Å². The minimum absolute atomic E-state index is 0.00309. The summed E-state index contributed by atoms with van der Waals surface area (Å²) in [4.78, 5) is 0. The van der Waals surface area contributed by atoms with Crippen molar-refractivity contribution in [2.75, 3.05) is 12.4 Å². The third kappa shape index (κ3) is 2.18. The number of aliphatic hydroxyl groups excluding tert-OH is 1. The smallest absolute Gasteiger partial charge is 0.0495 e. The molecule has 0 radical (unpaired) electrons. The van der Waals surface area contributed by atoms with Gasteiger partial charge in [-0.05, 0) is 11.7 Å². The van der Waals surface area contributed by atoms with E-state index >= 15 is 0 Å². The first kappa shape index (κ1) is 9.31. The van der Waals surface area contributed by atoms with Gasteiger partial charge >= 0.3 is 0 Å². The highest BCUT2D eigenvalue weighted by Crippen LogP contribution is 2.26. The van der Waals surface area contributed by atoms with Crippen molar-refractivity contribution in [1.82, 2.24) is 0 Å². The van der Waals surface area contributed by atoms with Gasteiger partial charge in [-0.3, -0.25) is 0 Å². The van der Waals surface area contributed by atoms with Gasteiger partial charge in [0, 0.05) is 12.0 Å². The first-order valence-electron chi connectivity index (χ1n) is 3.28. The van der Waals surface area contributed by atoms with Crippen LogP contribution in [0.5, 0.6) is 0 Å². The molecule has 0 heterocycles. The molecule has 9 heavy (non-hydrogen) atoms. The molecule has 0 aliphatic carbocycles. The molecule has 0 bridgehead atoms. The van der Waals surface area contributed by atoms with Crippen LogP contribution in [0.1, 0.15) is 20.8 Å². The molecule has 1 unspecified atom stereocenters. The zero-order valence-corrected chi connectivity index (χ0v) is 7.28. The number of aliphatic hydroxyl groups is 1. The summed E-state index contributed by atoms with van der Waals surface area (Å²) < 4.78 is 0. The van der Waals surface area contributed by atoms with Gasteiger partial charge in [0.2, 0.25) is 0 Å². The Morgan fingerprint density at radius 2 is 2.00 bits per heavy atom. The second-order valence-electron chi connectivity index (χ2n) is 3.12. The van der Waals surface area contributed by atoms with Crippen molar-refractivity contribution >= 4 is 12.6 Å². The Balaban J connectivity index is 3.92. The highest BCUT2D eigenvalue weighted by atomic mass is 32.1. The van der Waals surface area contributed by atoms with E-state index in [1.54, 1.807) is 0 Å². The molecule has 0 rings (SSSR count). The van der Waals surface area contributed by atoms with Crippen LogP contribution in [-0.4, -0.2) is 17.5 Å².